The number of nitrogens with two attached hydrogens (primary N) is 1. The monoisotopic (exact) mass is 582 g/mol. The number of carbonyl (C=O) groups excluding carboxylic acids is 2. The fourth-order valence-corrected chi connectivity index (χ4v) is 7.02. The minimum absolute atomic E-state index is 0.0663. The van der Waals surface area contributed by atoms with Crippen LogP contribution in [0.1, 0.15) is 43.2 Å². The number of hydrogen-bond acceptors (Lipinski definition) is 12. The summed E-state index contributed by atoms with van der Waals surface area (Å²) in [5.74, 6) is -1.72. The van der Waals surface area contributed by atoms with Gasteiger partial charge in [-0.05, 0) is 24.8 Å². The second kappa shape index (κ2) is 10.5. The van der Waals surface area contributed by atoms with Gasteiger partial charge in [-0.1, -0.05) is 66.5 Å². The van der Waals surface area contributed by atoms with Crippen molar-refractivity contribution in [3.63, 3.8) is 0 Å². The van der Waals surface area contributed by atoms with Crippen molar-refractivity contribution in [1.82, 2.24) is 20.4 Å². The second-order valence-corrected chi connectivity index (χ2v) is 13.2. The zero-order valence-electron chi connectivity index (χ0n) is 21.2. The van der Waals surface area contributed by atoms with Crippen molar-refractivity contribution in [2.24, 2.45) is 11.1 Å². The molecule has 1 amide bonds. The van der Waals surface area contributed by atoms with Crippen LogP contribution >= 0.6 is 34.4 Å². The highest BCUT2D eigenvalue weighted by Gasteiger charge is 2.46. The number of nitrogens with zero attached hydrogens (tertiary/aromatic N) is 6. The van der Waals surface area contributed by atoms with Crippen molar-refractivity contribution in [3.05, 3.63) is 63.3 Å². The van der Waals surface area contributed by atoms with Crippen molar-refractivity contribution in [1.29, 1.82) is 5.26 Å². The molecule has 0 spiro atoms. The number of nitriles is 1. The van der Waals surface area contributed by atoms with E-state index in [1.54, 1.807) is 30.0 Å². The molecule has 3 heterocycles. The second-order valence-electron chi connectivity index (χ2n) is 9.82. The number of Topliss-reactive ketones (excluding diaryl/α,β-unsaturated/α-hetero) is 1. The largest absolute Gasteiger partial charge is 0.384 e. The molecule has 3 N–H and O–H groups in total. The lowest BCUT2D eigenvalue weighted by Gasteiger charge is -2.42. The minimum atomic E-state index is -0.916. The summed E-state index contributed by atoms with van der Waals surface area (Å²) in [6.07, 6.45) is 0.716. The summed E-state index contributed by atoms with van der Waals surface area (Å²) in [5.41, 5.74) is 7.41. The summed E-state index contributed by atoms with van der Waals surface area (Å²) in [4.78, 5) is 27.5. The maximum Gasteiger partial charge on any atom is 0.236 e. The summed E-state index contributed by atoms with van der Waals surface area (Å²) in [5, 5.41) is 30.6. The number of allylic oxidation sites excluding steroid dienone is 3. The van der Waals surface area contributed by atoms with Crippen molar-refractivity contribution >= 4 is 56.4 Å². The molecule has 200 valence electrons. The molecule has 1 unspecified atom stereocenters. The number of rotatable bonds is 6. The molecule has 0 saturated carbocycles. The van der Waals surface area contributed by atoms with E-state index in [-0.39, 0.29) is 46.2 Å². The first kappa shape index (κ1) is 26.9. The zero-order chi connectivity index (χ0) is 27.9. The highest BCUT2D eigenvalue weighted by molar-refractivity contribution is 8.01. The van der Waals surface area contributed by atoms with Gasteiger partial charge in [0.1, 0.15) is 16.6 Å². The zero-order valence-corrected chi connectivity index (χ0v) is 23.6. The molecule has 0 bridgehead atoms. The summed E-state index contributed by atoms with van der Waals surface area (Å²) in [6, 6.07) is 8.24. The van der Waals surface area contributed by atoms with E-state index in [4.69, 9.17) is 5.73 Å². The molecule has 2 aliphatic rings. The molecule has 39 heavy (non-hydrogen) atoms. The third-order valence-electron chi connectivity index (χ3n) is 6.28. The summed E-state index contributed by atoms with van der Waals surface area (Å²) >= 11 is 3.64. The number of hydrogen-bond donors (Lipinski definition) is 2. The first-order valence-electron chi connectivity index (χ1n) is 11.8. The normalized spacial score (nSPS) is 18.7. The molecular weight excluding hydrogens is 560 g/mol. The van der Waals surface area contributed by atoms with Gasteiger partial charge < -0.3 is 5.73 Å². The molecular formula is C25H23FN8O2S3. The topological polar surface area (TPSA) is 151 Å². The van der Waals surface area contributed by atoms with Gasteiger partial charge in [-0.3, -0.25) is 19.8 Å². The molecule has 14 heteroatoms. The van der Waals surface area contributed by atoms with Crippen LogP contribution in [0.4, 0.5) is 14.7 Å². The van der Waals surface area contributed by atoms with Gasteiger partial charge in [0.05, 0.1) is 23.3 Å². The lowest BCUT2D eigenvalue weighted by molar-refractivity contribution is -0.118. The van der Waals surface area contributed by atoms with Crippen LogP contribution in [0.15, 0.2) is 51.3 Å². The van der Waals surface area contributed by atoms with Crippen LogP contribution in [0.3, 0.4) is 0 Å². The molecule has 1 aliphatic heterocycles. The van der Waals surface area contributed by atoms with Gasteiger partial charge >= 0.3 is 0 Å². The summed E-state index contributed by atoms with van der Waals surface area (Å²) in [6.45, 7) is 5.75. The van der Waals surface area contributed by atoms with Crippen LogP contribution in [0.5, 0.6) is 0 Å². The summed E-state index contributed by atoms with van der Waals surface area (Å²) < 4.78 is 15.5. The molecule has 0 radical (unpaired) electrons. The number of halogens is 1. The van der Waals surface area contributed by atoms with Gasteiger partial charge in [0.25, 0.3) is 0 Å². The Bertz CT molecular complexity index is 1590. The van der Waals surface area contributed by atoms with E-state index in [9.17, 15) is 19.2 Å². The van der Waals surface area contributed by atoms with Gasteiger partial charge in [-0.15, -0.1) is 20.4 Å². The number of anilines is 2. The maximum atomic E-state index is 15.0. The van der Waals surface area contributed by atoms with E-state index < -0.39 is 11.7 Å². The average molecular weight is 583 g/mol. The Labute approximate surface area is 235 Å². The lowest BCUT2D eigenvalue weighted by Crippen LogP contribution is -2.42. The number of amides is 1. The van der Waals surface area contributed by atoms with Crippen LogP contribution in [-0.2, 0) is 9.59 Å². The van der Waals surface area contributed by atoms with Gasteiger partial charge in [0, 0.05) is 23.3 Å². The quantitative estimate of drug-likeness (QED) is 0.397. The van der Waals surface area contributed by atoms with Crippen LogP contribution in [-0.4, -0.2) is 37.8 Å². The van der Waals surface area contributed by atoms with E-state index >= 15 is 0 Å². The number of carbonyl (C=O) groups is 2. The van der Waals surface area contributed by atoms with Gasteiger partial charge in [-0.2, -0.15) is 5.26 Å². The van der Waals surface area contributed by atoms with E-state index in [2.05, 4.69) is 31.8 Å². The number of nitrogens with one attached hydrogen (secondary N) is 1. The van der Waals surface area contributed by atoms with Crippen molar-refractivity contribution in [3.8, 4) is 6.07 Å². The smallest absolute Gasteiger partial charge is 0.236 e. The molecule has 5 rings (SSSR count). The Morgan fingerprint density at radius 2 is 2.03 bits per heavy atom. The molecule has 1 aliphatic carbocycles. The van der Waals surface area contributed by atoms with Crippen molar-refractivity contribution in [2.45, 2.75) is 43.9 Å². The van der Waals surface area contributed by atoms with E-state index in [1.165, 1.54) is 40.5 Å². The predicted octanol–water partition coefficient (Wildman–Crippen LogP) is 4.51. The summed E-state index contributed by atoms with van der Waals surface area (Å²) in [7, 11) is 0. The van der Waals surface area contributed by atoms with Crippen LogP contribution in [0.25, 0.3) is 0 Å². The molecule has 1 aromatic carbocycles. The van der Waals surface area contributed by atoms with E-state index in [0.717, 1.165) is 5.01 Å². The van der Waals surface area contributed by atoms with Crippen LogP contribution < -0.4 is 16.0 Å². The Balaban J connectivity index is 1.49. The third kappa shape index (κ3) is 5.29. The Hall–Kier alpha value is -3.67. The van der Waals surface area contributed by atoms with E-state index in [1.807, 2.05) is 13.8 Å². The van der Waals surface area contributed by atoms with Crippen molar-refractivity contribution < 1.29 is 14.0 Å². The standard InChI is InChI=1S/C25H23FN8O2S3/c1-12-30-31-22(38-12)29-18(36)11-37-24-33-32-23(39-24)34-16-8-25(2,3)9-17(35)20(16)19(14(10-27)21(34)28)13-6-4-5-7-15(13)26/h4-7,19H,8-9,11,28H2,1-3H3,(H,29,31,36). The van der Waals surface area contributed by atoms with Gasteiger partial charge in [-0.25, -0.2) is 4.39 Å². The van der Waals surface area contributed by atoms with Gasteiger partial charge in [0.15, 0.2) is 10.1 Å². The highest BCUT2D eigenvalue weighted by atomic mass is 32.2. The highest BCUT2D eigenvalue weighted by Crippen LogP contribution is 2.51. The number of thioether (sulfide) groups is 1. The Morgan fingerprint density at radius 3 is 2.72 bits per heavy atom. The number of aryl methyl sites for hydroxylation is 1. The molecule has 10 nitrogen and oxygen atoms in total. The average Bonchev–Trinajstić information content (AvgIpc) is 3.50. The SMILES string of the molecule is Cc1nnc(NC(=O)CSc2nnc(N3C(N)=C(C#N)C(c4ccccc4F)C4=C3CC(C)(C)CC4=O)s2)s1. The first-order chi connectivity index (χ1) is 18.6. The minimum Gasteiger partial charge on any atom is -0.384 e. The van der Waals surface area contributed by atoms with Crippen LogP contribution in [0.2, 0.25) is 0 Å². The van der Waals surface area contributed by atoms with Gasteiger partial charge in [0.2, 0.25) is 16.2 Å². The number of benzene rings is 1. The third-order valence-corrected chi connectivity index (χ3v) is 9.08. The van der Waals surface area contributed by atoms with Crippen molar-refractivity contribution in [2.75, 3.05) is 16.0 Å². The molecule has 0 saturated heterocycles. The van der Waals surface area contributed by atoms with Crippen LogP contribution in [0, 0.1) is 29.5 Å². The fourth-order valence-electron chi connectivity index (χ4n) is 4.73. The predicted molar refractivity (Wildman–Crippen MR) is 147 cm³/mol. The maximum absolute atomic E-state index is 15.0. The molecule has 0 fully saturated rings. The Kier molecular flexibility index (Phi) is 7.23. The number of aromatic nitrogens is 4. The Morgan fingerprint density at radius 1 is 1.26 bits per heavy atom. The molecule has 1 atom stereocenters. The van der Waals surface area contributed by atoms with E-state index in [0.29, 0.717) is 32.3 Å². The fraction of sp³-hybridized carbons (Fsp3) is 0.320. The lowest BCUT2D eigenvalue weighted by atomic mass is 9.68. The number of ketones is 1. The molecule has 3 aromatic rings. The first-order valence-corrected chi connectivity index (χ1v) is 14.5. The molecule has 2 aromatic heterocycles.